The van der Waals surface area contributed by atoms with Gasteiger partial charge >= 0.3 is 6.09 Å². The topological polar surface area (TPSA) is 50.7 Å². The molecule has 0 aromatic heterocycles. The van der Waals surface area contributed by atoms with Crippen LogP contribution in [-0.2, 0) is 0 Å². The van der Waals surface area contributed by atoms with E-state index in [1.165, 1.54) is 7.05 Å². The number of benzene rings is 2. The summed E-state index contributed by atoms with van der Waals surface area (Å²) in [6.45, 7) is 3.89. The number of hydrogen-bond donors (Lipinski definition) is 1. The van der Waals surface area contributed by atoms with E-state index < -0.39 is 6.09 Å². The highest BCUT2D eigenvalue weighted by molar-refractivity contribution is 5.82. The van der Waals surface area contributed by atoms with Gasteiger partial charge in [-0.3, -0.25) is 4.99 Å². The average Bonchev–Trinajstić information content (AvgIpc) is 2.47. The number of rotatable bonds is 3. The molecule has 108 valence electrons. The molecule has 0 saturated heterocycles. The molecule has 0 aliphatic rings. The van der Waals surface area contributed by atoms with Crippen molar-refractivity contribution in [1.82, 2.24) is 5.32 Å². The van der Waals surface area contributed by atoms with Crippen molar-refractivity contribution < 1.29 is 9.53 Å². The number of nitrogens with zero attached hydrogens (tertiary/aromatic N) is 1. The molecule has 2 rings (SSSR count). The highest BCUT2D eigenvalue weighted by Gasteiger charge is 2.07. The Bertz CT molecular complexity index is 641. The fourth-order valence-corrected chi connectivity index (χ4v) is 2.01. The number of amides is 1. The number of carbonyl (C=O) groups is 1. The van der Waals surface area contributed by atoms with Crippen molar-refractivity contribution in [3.8, 4) is 5.75 Å². The number of carbonyl (C=O) groups excluding carboxylic acids is 1. The summed E-state index contributed by atoms with van der Waals surface area (Å²) in [6.07, 6.45) is 1.35. The van der Waals surface area contributed by atoms with Gasteiger partial charge in [-0.25, -0.2) is 4.79 Å². The molecule has 2 aromatic carbocycles. The molecule has 4 heteroatoms. The highest BCUT2D eigenvalue weighted by atomic mass is 16.5. The largest absolute Gasteiger partial charge is 0.412 e. The van der Waals surface area contributed by atoms with Crippen LogP contribution in [0.3, 0.4) is 0 Å². The van der Waals surface area contributed by atoms with Crippen LogP contribution in [0.5, 0.6) is 5.75 Å². The minimum Gasteiger partial charge on any atom is -0.410 e. The van der Waals surface area contributed by atoms with Gasteiger partial charge in [0.05, 0.1) is 5.69 Å². The van der Waals surface area contributed by atoms with Crippen LogP contribution in [0.25, 0.3) is 0 Å². The van der Waals surface area contributed by atoms with Crippen LogP contribution in [0.2, 0.25) is 0 Å². The maximum absolute atomic E-state index is 11.2. The van der Waals surface area contributed by atoms with E-state index in [1.807, 2.05) is 50.4 Å². The van der Waals surface area contributed by atoms with Gasteiger partial charge in [-0.05, 0) is 42.7 Å². The zero-order chi connectivity index (χ0) is 15.2. The first-order valence-corrected chi connectivity index (χ1v) is 6.70. The first-order chi connectivity index (χ1) is 10.1. The van der Waals surface area contributed by atoms with Crippen molar-refractivity contribution in [3.05, 3.63) is 59.2 Å². The molecular formula is C17H18N2O2. The molecule has 0 saturated carbocycles. The van der Waals surface area contributed by atoms with Gasteiger partial charge in [-0.1, -0.05) is 30.3 Å². The molecule has 1 amide bonds. The number of ether oxygens (including phenoxy) is 1. The molecule has 0 unspecified atom stereocenters. The summed E-state index contributed by atoms with van der Waals surface area (Å²) in [4.78, 5) is 15.8. The van der Waals surface area contributed by atoms with Gasteiger partial charge in [0.15, 0.2) is 0 Å². The SMILES string of the molecule is CNC(=O)Oc1cc(C)c(N=Cc2ccccc2)c(C)c1. The monoisotopic (exact) mass is 282 g/mol. The Kier molecular flexibility index (Phi) is 4.72. The van der Waals surface area contributed by atoms with E-state index in [9.17, 15) is 4.79 Å². The summed E-state index contributed by atoms with van der Waals surface area (Å²) < 4.78 is 5.14. The predicted molar refractivity (Wildman–Crippen MR) is 84.7 cm³/mol. The molecule has 0 atom stereocenters. The summed E-state index contributed by atoms with van der Waals surface area (Å²) in [6, 6.07) is 13.5. The molecule has 2 aromatic rings. The lowest BCUT2D eigenvalue weighted by molar-refractivity contribution is 0.203. The molecule has 0 heterocycles. The van der Waals surface area contributed by atoms with E-state index in [2.05, 4.69) is 10.3 Å². The van der Waals surface area contributed by atoms with E-state index in [4.69, 9.17) is 4.74 Å². The van der Waals surface area contributed by atoms with Gasteiger partial charge < -0.3 is 10.1 Å². The van der Waals surface area contributed by atoms with Crippen LogP contribution in [0.15, 0.2) is 47.5 Å². The molecule has 0 bridgehead atoms. The van der Waals surface area contributed by atoms with Crippen molar-refractivity contribution in [2.75, 3.05) is 7.05 Å². The van der Waals surface area contributed by atoms with E-state index >= 15 is 0 Å². The fourth-order valence-electron chi connectivity index (χ4n) is 2.01. The van der Waals surface area contributed by atoms with Crippen molar-refractivity contribution in [3.63, 3.8) is 0 Å². The summed E-state index contributed by atoms with van der Waals surface area (Å²) in [5.41, 5.74) is 3.85. The molecule has 0 radical (unpaired) electrons. The fraction of sp³-hybridized carbons (Fsp3) is 0.176. The Morgan fingerprint density at radius 2 is 1.76 bits per heavy atom. The third kappa shape index (κ3) is 3.92. The summed E-state index contributed by atoms with van der Waals surface area (Å²) in [7, 11) is 1.53. The lowest BCUT2D eigenvalue weighted by Gasteiger charge is -2.09. The van der Waals surface area contributed by atoms with Gasteiger partial charge in [-0.15, -0.1) is 0 Å². The van der Waals surface area contributed by atoms with Crippen LogP contribution in [-0.4, -0.2) is 19.4 Å². The van der Waals surface area contributed by atoms with E-state index in [1.54, 1.807) is 12.1 Å². The summed E-state index contributed by atoms with van der Waals surface area (Å²) in [5.74, 6) is 0.517. The Balaban J connectivity index is 2.25. The zero-order valence-corrected chi connectivity index (χ0v) is 12.4. The van der Waals surface area contributed by atoms with Crippen LogP contribution in [0.1, 0.15) is 16.7 Å². The summed E-state index contributed by atoms with van der Waals surface area (Å²) >= 11 is 0. The standard InChI is InChI=1S/C17H18N2O2/c1-12-9-15(21-17(20)18-3)10-13(2)16(12)19-11-14-7-5-4-6-8-14/h4-11H,1-3H3,(H,18,20). The number of aliphatic imine (C=N–C) groups is 1. The molecule has 0 aliphatic carbocycles. The highest BCUT2D eigenvalue weighted by Crippen LogP contribution is 2.28. The normalized spacial score (nSPS) is 10.6. The first kappa shape index (κ1) is 14.8. The number of aryl methyl sites for hydroxylation is 2. The van der Waals surface area contributed by atoms with Crippen LogP contribution in [0, 0.1) is 13.8 Å². The second kappa shape index (κ2) is 6.70. The quantitative estimate of drug-likeness (QED) is 0.871. The van der Waals surface area contributed by atoms with Crippen LogP contribution >= 0.6 is 0 Å². The molecule has 0 spiro atoms. The third-order valence-corrected chi connectivity index (χ3v) is 3.02. The smallest absolute Gasteiger partial charge is 0.410 e. The first-order valence-electron chi connectivity index (χ1n) is 6.70. The van der Waals surface area contributed by atoms with Gasteiger partial charge in [-0.2, -0.15) is 0 Å². The van der Waals surface area contributed by atoms with Gasteiger partial charge in [0.2, 0.25) is 0 Å². The number of nitrogens with one attached hydrogen (secondary N) is 1. The van der Waals surface area contributed by atoms with Crippen LogP contribution in [0.4, 0.5) is 10.5 Å². The van der Waals surface area contributed by atoms with Crippen molar-refractivity contribution in [2.24, 2.45) is 4.99 Å². The Labute approximate surface area is 124 Å². The minimum absolute atomic E-state index is 0.477. The molecule has 0 fully saturated rings. The van der Waals surface area contributed by atoms with E-state index in [0.717, 1.165) is 22.4 Å². The molecule has 21 heavy (non-hydrogen) atoms. The molecule has 0 aliphatic heterocycles. The Hall–Kier alpha value is -2.62. The second-order valence-corrected chi connectivity index (χ2v) is 4.71. The predicted octanol–water partition coefficient (Wildman–Crippen LogP) is 3.77. The van der Waals surface area contributed by atoms with Crippen molar-refractivity contribution in [1.29, 1.82) is 0 Å². The zero-order valence-electron chi connectivity index (χ0n) is 12.4. The average molecular weight is 282 g/mol. The van der Waals surface area contributed by atoms with Crippen LogP contribution < -0.4 is 10.1 Å². The lowest BCUT2D eigenvalue weighted by atomic mass is 10.1. The second-order valence-electron chi connectivity index (χ2n) is 4.71. The Morgan fingerprint density at radius 1 is 1.14 bits per heavy atom. The third-order valence-electron chi connectivity index (χ3n) is 3.02. The van der Waals surface area contributed by atoms with E-state index in [0.29, 0.717) is 5.75 Å². The maximum Gasteiger partial charge on any atom is 0.412 e. The molecular weight excluding hydrogens is 264 g/mol. The lowest BCUT2D eigenvalue weighted by Crippen LogP contribution is -2.22. The Morgan fingerprint density at radius 3 is 2.33 bits per heavy atom. The molecule has 1 N–H and O–H groups in total. The van der Waals surface area contributed by atoms with Gasteiger partial charge in [0, 0.05) is 13.3 Å². The van der Waals surface area contributed by atoms with Gasteiger partial charge in [0.25, 0.3) is 0 Å². The molecule has 4 nitrogen and oxygen atoms in total. The maximum atomic E-state index is 11.2. The minimum atomic E-state index is -0.477. The van der Waals surface area contributed by atoms with E-state index in [-0.39, 0.29) is 0 Å². The van der Waals surface area contributed by atoms with Crippen molar-refractivity contribution >= 4 is 18.0 Å². The number of hydrogen-bond acceptors (Lipinski definition) is 3. The van der Waals surface area contributed by atoms with Crippen molar-refractivity contribution in [2.45, 2.75) is 13.8 Å². The summed E-state index contributed by atoms with van der Waals surface area (Å²) in [5, 5.41) is 2.42. The van der Waals surface area contributed by atoms with Gasteiger partial charge in [0.1, 0.15) is 5.75 Å².